The zero-order valence-electron chi connectivity index (χ0n) is 11.4. The number of aryl methyl sites for hydroxylation is 1. The minimum atomic E-state index is -0.0718. The summed E-state index contributed by atoms with van der Waals surface area (Å²) in [5.41, 5.74) is 7.15. The van der Waals surface area contributed by atoms with Crippen molar-refractivity contribution in [2.45, 2.75) is 32.6 Å². The van der Waals surface area contributed by atoms with Gasteiger partial charge in [0, 0.05) is 24.9 Å². The Morgan fingerprint density at radius 3 is 2.42 bits per heavy atom. The summed E-state index contributed by atoms with van der Waals surface area (Å²) >= 11 is 0. The van der Waals surface area contributed by atoms with Crippen LogP contribution in [0.5, 0.6) is 0 Å². The van der Waals surface area contributed by atoms with Crippen LogP contribution in [0.1, 0.15) is 41.6 Å². The van der Waals surface area contributed by atoms with Crippen LogP contribution in [0.15, 0.2) is 24.3 Å². The van der Waals surface area contributed by atoms with E-state index < -0.39 is 0 Å². The molecule has 0 aromatic heterocycles. The Morgan fingerprint density at radius 2 is 1.79 bits per heavy atom. The normalized spacial score (nSPS) is 10.2. The summed E-state index contributed by atoms with van der Waals surface area (Å²) in [4.78, 5) is 23.3. The summed E-state index contributed by atoms with van der Waals surface area (Å²) in [5, 5.41) is 2.79. The van der Waals surface area contributed by atoms with Crippen LogP contribution in [0.2, 0.25) is 0 Å². The number of nitrogens with one attached hydrogen (secondary N) is 1. The van der Waals surface area contributed by atoms with Gasteiger partial charge >= 0.3 is 0 Å². The van der Waals surface area contributed by atoms with E-state index in [4.69, 9.17) is 5.73 Å². The van der Waals surface area contributed by atoms with Gasteiger partial charge < -0.3 is 11.1 Å². The fraction of sp³-hybridized carbons (Fsp3) is 0.467. The first kappa shape index (κ1) is 15.4. The van der Waals surface area contributed by atoms with Crippen LogP contribution < -0.4 is 11.1 Å². The molecule has 0 radical (unpaired) electrons. The predicted octanol–water partition coefficient (Wildman–Crippen LogP) is 1.81. The summed E-state index contributed by atoms with van der Waals surface area (Å²) in [5.74, 6) is -0.0606. The van der Waals surface area contributed by atoms with E-state index >= 15 is 0 Å². The van der Waals surface area contributed by atoms with Gasteiger partial charge in [0.2, 0.25) is 5.91 Å². The van der Waals surface area contributed by atoms with Gasteiger partial charge in [-0.2, -0.15) is 0 Å². The van der Waals surface area contributed by atoms with Gasteiger partial charge in [0.1, 0.15) is 0 Å². The number of hydrogen-bond donors (Lipinski definition) is 2. The smallest absolute Gasteiger partial charge is 0.220 e. The lowest BCUT2D eigenvalue weighted by Gasteiger charge is -2.04. The lowest BCUT2D eigenvalue weighted by Crippen LogP contribution is -2.25. The predicted molar refractivity (Wildman–Crippen MR) is 76.0 cm³/mol. The van der Waals surface area contributed by atoms with Crippen molar-refractivity contribution in [3.8, 4) is 0 Å². The van der Waals surface area contributed by atoms with Crippen molar-refractivity contribution in [2.75, 3.05) is 13.1 Å². The van der Waals surface area contributed by atoms with Gasteiger partial charge in [0.15, 0.2) is 5.78 Å². The molecule has 0 unspecified atom stereocenters. The summed E-state index contributed by atoms with van der Waals surface area (Å²) in [6.07, 6.45) is 2.29. The zero-order valence-corrected chi connectivity index (χ0v) is 11.4. The summed E-state index contributed by atoms with van der Waals surface area (Å²) in [7, 11) is 0. The maximum absolute atomic E-state index is 11.8. The first-order chi connectivity index (χ1) is 9.13. The highest BCUT2D eigenvalue weighted by Crippen LogP contribution is 2.07. The van der Waals surface area contributed by atoms with E-state index in [0.717, 1.165) is 18.4 Å². The van der Waals surface area contributed by atoms with E-state index in [1.807, 2.05) is 19.1 Å². The molecule has 4 heteroatoms. The van der Waals surface area contributed by atoms with Crippen LogP contribution in [0.3, 0.4) is 0 Å². The number of amides is 1. The Kier molecular flexibility index (Phi) is 6.82. The molecule has 4 nitrogen and oxygen atoms in total. The van der Waals surface area contributed by atoms with Gasteiger partial charge in [0.25, 0.3) is 0 Å². The van der Waals surface area contributed by atoms with Gasteiger partial charge in [-0.15, -0.1) is 0 Å². The lowest BCUT2D eigenvalue weighted by atomic mass is 10.1. The summed E-state index contributed by atoms with van der Waals surface area (Å²) in [6.45, 7) is 3.25. The molecule has 0 aliphatic heterocycles. The van der Waals surface area contributed by atoms with Crippen molar-refractivity contribution in [3.63, 3.8) is 0 Å². The fourth-order valence-electron chi connectivity index (χ4n) is 1.70. The molecule has 1 rings (SSSR count). The highest BCUT2D eigenvalue weighted by atomic mass is 16.2. The van der Waals surface area contributed by atoms with E-state index in [9.17, 15) is 9.59 Å². The topological polar surface area (TPSA) is 72.2 Å². The quantitative estimate of drug-likeness (QED) is 0.554. The molecule has 0 heterocycles. The molecule has 0 saturated heterocycles. The number of rotatable bonds is 8. The third kappa shape index (κ3) is 6.15. The van der Waals surface area contributed by atoms with Crippen molar-refractivity contribution in [2.24, 2.45) is 5.73 Å². The maximum Gasteiger partial charge on any atom is 0.220 e. The largest absolute Gasteiger partial charge is 0.356 e. The molecule has 1 aromatic rings. The molecule has 0 spiro atoms. The third-order valence-corrected chi connectivity index (χ3v) is 2.91. The van der Waals surface area contributed by atoms with Crippen molar-refractivity contribution >= 4 is 11.7 Å². The Balaban J connectivity index is 2.26. The van der Waals surface area contributed by atoms with Crippen molar-refractivity contribution in [3.05, 3.63) is 35.4 Å². The SMILES string of the molecule is Cc1ccc(C(=O)CCC(=O)NCCCCN)cc1. The average molecular weight is 262 g/mol. The Morgan fingerprint density at radius 1 is 1.11 bits per heavy atom. The van der Waals surface area contributed by atoms with Gasteiger partial charge in [0.05, 0.1) is 0 Å². The highest BCUT2D eigenvalue weighted by molar-refractivity contribution is 5.97. The first-order valence-electron chi connectivity index (χ1n) is 6.70. The number of ketones is 1. The summed E-state index contributed by atoms with van der Waals surface area (Å²) < 4.78 is 0. The van der Waals surface area contributed by atoms with Gasteiger partial charge in [-0.25, -0.2) is 0 Å². The third-order valence-electron chi connectivity index (χ3n) is 2.91. The van der Waals surface area contributed by atoms with Crippen LogP contribution >= 0.6 is 0 Å². The van der Waals surface area contributed by atoms with E-state index in [1.54, 1.807) is 12.1 Å². The number of benzene rings is 1. The molecule has 1 amide bonds. The Hall–Kier alpha value is -1.68. The fourth-order valence-corrected chi connectivity index (χ4v) is 1.70. The number of carbonyl (C=O) groups is 2. The van der Waals surface area contributed by atoms with Crippen LogP contribution in [0, 0.1) is 6.92 Å². The van der Waals surface area contributed by atoms with E-state index in [0.29, 0.717) is 18.7 Å². The second-order valence-corrected chi connectivity index (χ2v) is 4.63. The van der Waals surface area contributed by atoms with Crippen LogP contribution in [-0.4, -0.2) is 24.8 Å². The van der Waals surface area contributed by atoms with Crippen molar-refractivity contribution in [1.29, 1.82) is 0 Å². The first-order valence-corrected chi connectivity index (χ1v) is 6.70. The molecule has 0 saturated carbocycles. The highest BCUT2D eigenvalue weighted by Gasteiger charge is 2.08. The van der Waals surface area contributed by atoms with Crippen molar-refractivity contribution < 1.29 is 9.59 Å². The monoisotopic (exact) mass is 262 g/mol. The Bertz CT molecular complexity index is 413. The van der Waals surface area contributed by atoms with Crippen molar-refractivity contribution in [1.82, 2.24) is 5.32 Å². The van der Waals surface area contributed by atoms with E-state index in [1.165, 1.54) is 0 Å². The second-order valence-electron chi connectivity index (χ2n) is 4.63. The molecule has 0 bridgehead atoms. The molecule has 0 atom stereocenters. The minimum absolute atomic E-state index is 0.0112. The Labute approximate surface area is 114 Å². The van der Waals surface area contributed by atoms with E-state index in [2.05, 4.69) is 5.32 Å². The number of nitrogens with two attached hydrogens (primary N) is 1. The molecule has 3 N–H and O–H groups in total. The van der Waals surface area contributed by atoms with Crippen LogP contribution in [0.25, 0.3) is 0 Å². The molecular weight excluding hydrogens is 240 g/mol. The van der Waals surface area contributed by atoms with E-state index in [-0.39, 0.29) is 24.5 Å². The lowest BCUT2D eigenvalue weighted by molar-refractivity contribution is -0.121. The molecule has 0 fully saturated rings. The van der Waals surface area contributed by atoms with Crippen LogP contribution in [-0.2, 0) is 4.79 Å². The number of Topliss-reactive ketones (excluding diaryl/α,β-unsaturated/α-hetero) is 1. The summed E-state index contributed by atoms with van der Waals surface area (Å²) in [6, 6.07) is 7.41. The maximum atomic E-state index is 11.8. The van der Waals surface area contributed by atoms with Gasteiger partial charge in [-0.1, -0.05) is 29.8 Å². The minimum Gasteiger partial charge on any atom is -0.356 e. The van der Waals surface area contributed by atoms with Gasteiger partial charge in [-0.3, -0.25) is 9.59 Å². The molecule has 19 heavy (non-hydrogen) atoms. The number of unbranched alkanes of at least 4 members (excludes halogenated alkanes) is 1. The van der Waals surface area contributed by atoms with Gasteiger partial charge in [-0.05, 0) is 26.3 Å². The molecule has 1 aromatic carbocycles. The standard InChI is InChI=1S/C15H22N2O2/c1-12-4-6-13(7-5-12)14(18)8-9-15(19)17-11-3-2-10-16/h4-7H,2-3,8-11,16H2,1H3,(H,17,19). The number of carbonyl (C=O) groups excluding carboxylic acids is 2. The second kappa shape index (κ2) is 8.43. The molecule has 104 valence electrons. The molecule has 0 aliphatic rings. The number of hydrogen-bond acceptors (Lipinski definition) is 3. The molecule has 0 aliphatic carbocycles. The van der Waals surface area contributed by atoms with Crippen LogP contribution in [0.4, 0.5) is 0 Å². The average Bonchev–Trinajstić information content (AvgIpc) is 2.42. The zero-order chi connectivity index (χ0) is 14.1. The molecular formula is C15H22N2O2.